The van der Waals surface area contributed by atoms with E-state index in [1.807, 2.05) is 0 Å². The molecule has 0 spiro atoms. The fourth-order valence-electron chi connectivity index (χ4n) is 3.29. The molecule has 152 valence electrons. The predicted molar refractivity (Wildman–Crippen MR) is 102 cm³/mol. The summed E-state index contributed by atoms with van der Waals surface area (Å²) in [7, 11) is -0.613. The molecule has 1 fully saturated rings. The lowest BCUT2D eigenvalue weighted by Crippen LogP contribution is -2.50. The summed E-state index contributed by atoms with van der Waals surface area (Å²) in [5.41, 5.74) is 1.40. The molecule has 2 heterocycles. The molecule has 1 saturated heterocycles. The van der Waals surface area contributed by atoms with Crippen LogP contribution in [0.2, 0.25) is 0 Å². The molecule has 0 atom stereocenters. The number of rotatable bonds is 5. The molecule has 2 aromatic rings. The van der Waals surface area contributed by atoms with Crippen molar-refractivity contribution in [3.63, 3.8) is 0 Å². The molecule has 1 aromatic carbocycles. The van der Waals surface area contributed by atoms with Gasteiger partial charge in [0.15, 0.2) is 0 Å². The van der Waals surface area contributed by atoms with E-state index >= 15 is 0 Å². The maximum atomic E-state index is 12.9. The van der Waals surface area contributed by atoms with Crippen LogP contribution in [-0.2, 0) is 10.0 Å². The number of piperazine rings is 1. The summed E-state index contributed by atoms with van der Waals surface area (Å²) in [5.74, 6) is 0.856. The fourth-order valence-corrected chi connectivity index (χ4v) is 5.05. The zero-order chi connectivity index (χ0) is 20.5. The highest BCUT2D eigenvalue weighted by Gasteiger charge is 2.33. The highest BCUT2D eigenvalue weighted by molar-refractivity contribution is 7.89. The third kappa shape index (κ3) is 3.69. The number of benzene rings is 1. The smallest absolute Gasteiger partial charge is 0.254 e. The number of nitrogens with zero attached hydrogens (tertiary/aromatic N) is 3. The number of aryl methyl sites for hydroxylation is 2. The molecule has 0 unspecified atom stereocenters. The molecule has 3 rings (SSSR count). The predicted octanol–water partition coefficient (Wildman–Crippen LogP) is 1.19. The summed E-state index contributed by atoms with van der Waals surface area (Å²) in [4.78, 5) is 14.7. The van der Waals surface area contributed by atoms with Gasteiger partial charge in [-0.1, -0.05) is 0 Å². The number of nitrogens with one attached hydrogen (secondary N) is 1. The van der Waals surface area contributed by atoms with Crippen LogP contribution in [0.1, 0.15) is 21.7 Å². The molecule has 1 aliphatic heterocycles. The van der Waals surface area contributed by atoms with Gasteiger partial charge in [-0.05, 0) is 26.0 Å². The largest absolute Gasteiger partial charge is 0.497 e. The zero-order valence-corrected chi connectivity index (χ0v) is 17.2. The number of H-pyrrole nitrogens is 1. The Morgan fingerprint density at radius 2 is 1.61 bits per heavy atom. The second-order valence-corrected chi connectivity index (χ2v) is 8.44. The van der Waals surface area contributed by atoms with Gasteiger partial charge in [0.2, 0.25) is 10.0 Å². The number of carbonyl (C=O) groups is 1. The SMILES string of the molecule is COc1cc(OC)cc(C(=O)N2CCN(S(=O)(=O)c3c(C)n[nH]c3C)CC2)c1. The first-order valence-electron chi connectivity index (χ1n) is 8.82. The number of sulfonamides is 1. The van der Waals surface area contributed by atoms with Crippen LogP contribution in [0, 0.1) is 13.8 Å². The molecule has 0 bridgehead atoms. The number of methoxy groups -OCH3 is 2. The second-order valence-electron chi connectivity index (χ2n) is 6.56. The van der Waals surface area contributed by atoms with Gasteiger partial charge in [0.05, 0.1) is 25.6 Å². The molecule has 1 aliphatic rings. The number of amides is 1. The van der Waals surface area contributed by atoms with Crippen LogP contribution >= 0.6 is 0 Å². The van der Waals surface area contributed by atoms with Crippen molar-refractivity contribution in [1.29, 1.82) is 0 Å². The minimum Gasteiger partial charge on any atom is -0.497 e. The molecule has 0 radical (unpaired) electrons. The van der Waals surface area contributed by atoms with E-state index in [9.17, 15) is 13.2 Å². The third-order valence-electron chi connectivity index (χ3n) is 4.78. The van der Waals surface area contributed by atoms with Crippen molar-refractivity contribution in [3.8, 4) is 11.5 Å². The molecule has 10 heteroatoms. The van der Waals surface area contributed by atoms with E-state index in [1.54, 1.807) is 36.9 Å². The number of hydrogen-bond donors (Lipinski definition) is 1. The Morgan fingerprint density at radius 3 is 2.07 bits per heavy atom. The normalized spacial score (nSPS) is 15.5. The second kappa shape index (κ2) is 7.80. The average Bonchev–Trinajstić information content (AvgIpc) is 3.05. The monoisotopic (exact) mass is 408 g/mol. The van der Waals surface area contributed by atoms with Gasteiger partial charge in [-0.2, -0.15) is 9.40 Å². The summed E-state index contributed by atoms with van der Waals surface area (Å²) in [6.45, 7) is 4.38. The highest BCUT2D eigenvalue weighted by Crippen LogP contribution is 2.25. The van der Waals surface area contributed by atoms with Crippen LogP contribution in [0.3, 0.4) is 0 Å². The minimum absolute atomic E-state index is 0.190. The Morgan fingerprint density at radius 1 is 1.04 bits per heavy atom. The Balaban J connectivity index is 1.74. The van der Waals surface area contributed by atoms with Gasteiger partial charge in [-0.3, -0.25) is 9.89 Å². The van der Waals surface area contributed by atoms with Crippen LogP contribution in [0.25, 0.3) is 0 Å². The Labute approximate surface area is 164 Å². The van der Waals surface area contributed by atoms with Crippen molar-refractivity contribution in [2.75, 3.05) is 40.4 Å². The maximum absolute atomic E-state index is 12.9. The van der Waals surface area contributed by atoms with E-state index in [2.05, 4.69) is 10.2 Å². The molecule has 1 N–H and O–H groups in total. The van der Waals surface area contributed by atoms with Crippen molar-refractivity contribution < 1.29 is 22.7 Å². The number of hydrogen-bond acceptors (Lipinski definition) is 6. The van der Waals surface area contributed by atoms with Crippen LogP contribution in [0.15, 0.2) is 23.1 Å². The lowest BCUT2D eigenvalue weighted by molar-refractivity contribution is 0.0697. The van der Waals surface area contributed by atoms with Gasteiger partial charge in [0.25, 0.3) is 5.91 Å². The van der Waals surface area contributed by atoms with E-state index < -0.39 is 10.0 Å². The molecule has 1 amide bonds. The van der Waals surface area contributed by atoms with Crippen molar-refractivity contribution in [2.45, 2.75) is 18.7 Å². The standard InChI is InChI=1S/C18H24N4O5S/c1-12-17(13(2)20-19-12)28(24,25)22-7-5-21(6-8-22)18(23)14-9-15(26-3)11-16(10-14)27-4/h9-11H,5-8H2,1-4H3,(H,19,20). The van der Waals surface area contributed by atoms with E-state index in [0.29, 0.717) is 41.5 Å². The maximum Gasteiger partial charge on any atom is 0.254 e. The lowest BCUT2D eigenvalue weighted by Gasteiger charge is -2.34. The molecular formula is C18H24N4O5S. The van der Waals surface area contributed by atoms with E-state index in [-0.39, 0.29) is 23.9 Å². The molecule has 28 heavy (non-hydrogen) atoms. The first-order valence-corrected chi connectivity index (χ1v) is 10.3. The first-order chi connectivity index (χ1) is 13.3. The topological polar surface area (TPSA) is 105 Å². The Kier molecular flexibility index (Phi) is 5.61. The summed E-state index contributed by atoms with van der Waals surface area (Å²) in [5, 5.41) is 6.68. The van der Waals surface area contributed by atoms with Crippen LogP contribution in [0.4, 0.5) is 0 Å². The van der Waals surface area contributed by atoms with Crippen LogP contribution < -0.4 is 9.47 Å². The summed E-state index contributed by atoms with van der Waals surface area (Å²) < 4.78 is 37.7. The van der Waals surface area contributed by atoms with Crippen molar-refractivity contribution in [2.24, 2.45) is 0 Å². The number of aromatic amines is 1. The van der Waals surface area contributed by atoms with Crippen molar-refractivity contribution in [3.05, 3.63) is 35.2 Å². The van der Waals surface area contributed by atoms with Gasteiger partial charge < -0.3 is 14.4 Å². The Hall–Kier alpha value is -2.59. The zero-order valence-electron chi connectivity index (χ0n) is 16.4. The Bertz CT molecular complexity index is 936. The van der Waals surface area contributed by atoms with Gasteiger partial charge in [-0.25, -0.2) is 8.42 Å². The number of carbonyl (C=O) groups excluding carboxylic acids is 1. The highest BCUT2D eigenvalue weighted by atomic mass is 32.2. The summed E-state index contributed by atoms with van der Waals surface area (Å²) >= 11 is 0. The quantitative estimate of drug-likeness (QED) is 0.797. The van der Waals surface area contributed by atoms with Gasteiger partial charge in [0, 0.05) is 37.8 Å². The van der Waals surface area contributed by atoms with Crippen LogP contribution in [-0.4, -0.2) is 74.1 Å². The molecule has 0 aliphatic carbocycles. The van der Waals surface area contributed by atoms with E-state index in [1.165, 1.54) is 18.5 Å². The minimum atomic E-state index is -3.65. The van der Waals surface area contributed by atoms with Crippen LogP contribution in [0.5, 0.6) is 11.5 Å². The van der Waals surface area contributed by atoms with Crippen molar-refractivity contribution in [1.82, 2.24) is 19.4 Å². The number of aromatic nitrogens is 2. The molecule has 0 saturated carbocycles. The van der Waals surface area contributed by atoms with E-state index in [0.717, 1.165) is 0 Å². The molecule has 1 aromatic heterocycles. The van der Waals surface area contributed by atoms with Crippen molar-refractivity contribution >= 4 is 15.9 Å². The summed E-state index contributed by atoms with van der Waals surface area (Å²) in [6, 6.07) is 4.98. The molecular weight excluding hydrogens is 384 g/mol. The van der Waals surface area contributed by atoms with Gasteiger partial charge in [0.1, 0.15) is 16.4 Å². The van der Waals surface area contributed by atoms with Gasteiger partial charge in [-0.15, -0.1) is 0 Å². The van der Waals surface area contributed by atoms with Gasteiger partial charge >= 0.3 is 0 Å². The molecule has 9 nitrogen and oxygen atoms in total. The third-order valence-corrected chi connectivity index (χ3v) is 6.95. The van der Waals surface area contributed by atoms with E-state index in [4.69, 9.17) is 9.47 Å². The average molecular weight is 408 g/mol. The fraction of sp³-hybridized carbons (Fsp3) is 0.444. The first kappa shape index (κ1) is 20.2. The number of ether oxygens (including phenoxy) is 2. The lowest BCUT2D eigenvalue weighted by atomic mass is 10.1. The summed E-state index contributed by atoms with van der Waals surface area (Å²) in [6.07, 6.45) is 0.